The second-order valence-corrected chi connectivity index (χ2v) is 15.2. The van der Waals surface area contributed by atoms with Crippen LogP contribution in [-0.4, -0.2) is 53.7 Å². The normalized spacial score (nSPS) is 28.3. The van der Waals surface area contributed by atoms with E-state index < -0.39 is 41.3 Å². The van der Waals surface area contributed by atoms with E-state index in [9.17, 15) is 9.59 Å². The van der Waals surface area contributed by atoms with Gasteiger partial charge in [-0.3, -0.25) is 0 Å². The van der Waals surface area contributed by atoms with Gasteiger partial charge in [0, 0.05) is 4.90 Å². The number of carbonyl (C=O) groups excluding carboxylic acids is 2. The maximum atomic E-state index is 13.4. The van der Waals surface area contributed by atoms with Crippen molar-refractivity contribution in [1.29, 1.82) is 0 Å². The molecule has 1 aromatic rings. The zero-order valence-electron chi connectivity index (χ0n) is 24.8. The molecule has 216 valence electrons. The smallest absolute Gasteiger partial charge is 0.456 e. The van der Waals surface area contributed by atoms with Crippen molar-refractivity contribution in [3.8, 4) is 5.75 Å². The topological polar surface area (TPSA) is 80.3 Å². The molecule has 10 heteroatoms. The summed E-state index contributed by atoms with van der Waals surface area (Å²) >= 11 is 8.32. The Hall–Kier alpha value is -1.42. The van der Waals surface area contributed by atoms with Crippen LogP contribution in [0, 0.1) is 17.3 Å². The molecule has 4 aliphatic rings. The largest absolute Gasteiger partial charge is 0.514 e. The lowest BCUT2D eigenvalue weighted by Gasteiger charge is -2.64. The number of alkyl halides is 1. The van der Waals surface area contributed by atoms with Crippen LogP contribution in [0.25, 0.3) is 0 Å². The van der Waals surface area contributed by atoms with Gasteiger partial charge in [0.1, 0.15) is 16.8 Å². The summed E-state index contributed by atoms with van der Waals surface area (Å²) in [7, 11) is -0.628. The first-order valence-corrected chi connectivity index (χ1v) is 15.3. The second kappa shape index (κ2) is 10.4. The Balaban J connectivity index is 1.64. The van der Waals surface area contributed by atoms with Crippen molar-refractivity contribution >= 4 is 42.6 Å². The molecule has 0 N–H and O–H groups in total. The molecule has 1 aliphatic heterocycles. The van der Waals surface area contributed by atoms with Gasteiger partial charge in [0.25, 0.3) is 0 Å². The van der Waals surface area contributed by atoms with Gasteiger partial charge in [-0.2, -0.15) is 0 Å². The number of rotatable bonds is 6. The maximum absolute atomic E-state index is 13.4. The number of ether oxygens (including phenoxy) is 3. The van der Waals surface area contributed by atoms with Crippen molar-refractivity contribution in [2.45, 2.75) is 115 Å². The van der Waals surface area contributed by atoms with E-state index in [0.717, 1.165) is 12.8 Å². The predicted octanol–water partition coefficient (Wildman–Crippen LogP) is 7.10. The van der Waals surface area contributed by atoms with E-state index >= 15 is 0 Å². The molecule has 3 aliphatic carbocycles. The minimum atomic E-state index is -0.910. The Morgan fingerprint density at radius 2 is 1.74 bits per heavy atom. The number of benzene rings is 1. The minimum absolute atomic E-state index is 0.00537. The number of thioether (sulfide) groups is 1. The molecule has 1 saturated heterocycles. The third kappa shape index (κ3) is 6.12. The summed E-state index contributed by atoms with van der Waals surface area (Å²) in [5, 5.41) is -0.583. The van der Waals surface area contributed by atoms with Crippen LogP contribution in [0.1, 0.15) is 91.1 Å². The molecule has 5 atom stereocenters. The van der Waals surface area contributed by atoms with E-state index in [1.54, 1.807) is 41.5 Å². The highest BCUT2D eigenvalue weighted by Gasteiger charge is 2.68. The first-order valence-electron chi connectivity index (χ1n) is 13.7. The van der Waals surface area contributed by atoms with Crippen LogP contribution in [0.15, 0.2) is 17.0 Å². The van der Waals surface area contributed by atoms with Crippen molar-refractivity contribution in [3.63, 3.8) is 0 Å². The van der Waals surface area contributed by atoms with Crippen molar-refractivity contribution in [2.75, 3.05) is 6.26 Å². The van der Waals surface area contributed by atoms with Crippen LogP contribution in [0.4, 0.5) is 4.79 Å². The number of esters is 1. The summed E-state index contributed by atoms with van der Waals surface area (Å²) in [6, 6.07) is 3.64. The fraction of sp³-hybridized carbons (Fsp3) is 0.724. The molecule has 2 bridgehead atoms. The van der Waals surface area contributed by atoms with Crippen LogP contribution < -0.4 is 4.74 Å². The van der Waals surface area contributed by atoms with Gasteiger partial charge in [-0.1, -0.05) is 19.9 Å². The lowest BCUT2D eigenvalue weighted by molar-refractivity contribution is -0.199. The van der Waals surface area contributed by atoms with E-state index in [1.807, 2.05) is 18.4 Å². The minimum Gasteiger partial charge on any atom is -0.456 e. The van der Waals surface area contributed by atoms with Crippen LogP contribution in [0.3, 0.4) is 0 Å². The van der Waals surface area contributed by atoms with Gasteiger partial charge in [-0.05, 0) is 103 Å². The molecule has 4 fully saturated rings. The monoisotopic (exact) mass is 580 g/mol. The summed E-state index contributed by atoms with van der Waals surface area (Å²) in [5.74, 6) is 0.530. The average Bonchev–Trinajstić information content (AvgIpc) is 3.14. The maximum Gasteiger partial charge on any atom is 0.514 e. The fourth-order valence-electron chi connectivity index (χ4n) is 6.29. The Morgan fingerprint density at radius 1 is 1.10 bits per heavy atom. The van der Waals surface area contributed by atoms with E-state index in [0.29, 0.717) is 22.3 Å². The molecular formula is C29H42BClO7S. The molecule has 5 rings (SSSR count). The number of carbonyl (C=O) groups is 2. The number of hydrogen-bond donors (Lipinski definition) is 0. The lowest BCUT2D eigenvalue weighted by atomic mass is 9.43. The molecular weight excluding hydrogens is 539 g/mol. The van der Waals surface area contributed by atoms with Crippen LogP contribution in [0.2, 0.25) is 0 Å². The highest BCUT2D eigenvalue weighted by atomic mass is 35.5. The first kappa shape index (κ1) is 30.5. The van der Waals surface area contributed by atoms with Gasteiger partial charge in [0.15, 0.2) is 5.75 Å². The van der Waals surface area contributed by atoms with Crippen LogP contribution >= 0.6 is 23.4 Å². The molecule has 0 spiro atoms. The number of hydrogen-bond acceptors (Lipinski definition) is 8. The summed E-state index contributed by atoms with van der Waals surface area (Å²) in [4.78, 5) is 26.8. The molecule has 7 nitrogen and oxygen atoms in total. The Bertz CT molecular complexity index is 1130. The second-order valence-electron chi connectivity index (χ2n) is 13.8. The van der Waals surface area contributed by atoms with Crippen molar-refractivity contribution in [3.05, 3.63) is 23.3 Å². The van der Waals surface area contributed by atoms with E-state index in [4.69, 9.17) is 35.1 Å². The molecule has 1 heterocycles. The Morgan fingerprint density at radius 3 is 2.31 bits per heavy atom. The summed E-state index contributed by atoms with van der Waals surface area (Å²) < 4.78 is 29.8. The number of halogens is 1. The molecule has 0 radical (unpaired) electrons. The molecule has 3 saturated carbocycles. The standard InChI is InChI=1S/C29H42BClO7S/c1-26(2,3)35-24(32)22-18(39-10)12-11-16(23(22)34-25(33)36-27(4,5)6)13-21(31)30-37-20-15-17-14-19(28(17,7)8)29(20,9)38-30/h11-12,17,19-21H,13-15H2,1-10H3/t17-,19-,20+,21+,29-/m0/s1. The molecule has 0 amide bonds. The molecule has 39 heavy (non-hydrogen) atoms. The Labute approximate surface area is 242 Å². The average molecular weight is 581 g/mol. The molecule has 1 aromatic carbocycles. The Kier molecular flexibility index (Phi) is 8.18. The van der Waals surface area contributed by atoms with E-state index in [-0.39, 0.29) is 29.3 Å². The van der Waals surface area contributed by atoms with Gasteiger partial charge < -0.3 is 23.5 Å². The van der Waals surface area contributed by atoms with Crippen LogP contribution in [-0.2, 0) is 25.2 Å². The van der Waals surface area contributed by atoms with Gasteiger partial charge in [0.2, 0.25) is 0 Å². The summed E-state index contributed by atoms with van der Waals surface area (Å²) in [5.41, 5.74) is -0.961. The van der Waals surface area contributed by atoms with Crippen molar-refractivity contribution in [1.82, 2.24) is 0 Å². The zero-order chi connectivity index (χ0) is 29.1. The van der Waals surface area contributed by atoms with Crippen LogP contribution in [0.5, 0.6) is 5.75 Å². The first-order chi connectivity index (χ1) is 17.9. The van der Waals surface area contributed by atoms with E-state index in [1.165, 1.54) is 11.8 Å². The summed E-state index contributed by atoms with van der Waals surface area (Å²) in [6.45, 7) is 17.4. The highest BCUT2D eigenvalue weighted by Crippen LogP contribution is 2.65. The quantitative estimate of drug-likeness (QED) is 0.116. The lowest BCUT2D eigenvalue weighted by Crippen LogP contribution is -2.65. The summed E-state index contributed by atoms with van der Waals surface area (Å²) in [6.07, 6.45) is 3.28. The predicted molar refractivity (Wildman–Crippen MR) is 154 cm³/mol. The third-order valence-electron chi connectivity index (χ3n) is 8.28. The van der Waals surface area contributed by atoms with Gasteiger partial charge in [-0.25, -0.2) is 9.59 Å². The fourth-order valence-corrected chi connectivity index (χ4v) is 7.15. The SMILES string of the molecule is CSc1ccc(C[C@@H](Cl)B2O[C@@H]3C[C@@H]4C[C@@H](C4(C)C)[C@]3(C)O2)c(OC(=O)OC(C)(C)C)c1C(=O)OC(C)(C)C. The van der Waals surface area contributed by atoms with Crippen molar-refractivity contribution in [2.24, 2.45) is 17.3 Å². The van der Waals surface area contributed by atoms with Gasteiger partial charge in [-0.15, -0.1) is 23.4 Å². The van der Waals surface area contributed by atoms with E-state index in [2.05, 4.69) is 20.8 Å². The van der Waals surface area contributed by atoms with Crippen molar-refractivity contribution < 1.29 is 33.1 Å². The molecule has 0 unspecified atom stereocenters. The highest BCUT2D eigenvalue weighted by molar-refractivity contribution is 7.98. The zero-order valence-corrected chi connectivity index (χ0v) is 26.4. The third-order valence-corrected chi connectivity index (χ3v) is 9.42. The molecule has 0 aromatic heterocycles. The van der Waals surface area contributed by atoms with Gasteiger partial charge >= 0.3 is 19.2 Å². The van der Waals surface area contributed by atoms with Gasteiger partial charge in [0.05, 0.1) is 17.0 Å².